The molecule has 3 heteroatoms. The SMILES string of the molecule is C[C@H](O)[C@H](c1ccccc1)n1ccc2cc(OCc3ccccc3)ccc21. The van der Waals surface area contributed by atoms with Gasteiger partial charge in [0.25, 0.3) is 0 Å². The van der Waals surface area contributed by atoms with Gasteiger partial charge >= 0.3 is 0 Å². The Kier molecular flexibility index (Phi) is 4.95. The van der Waals surface area contributed by atoms with Crippen molar-refractivity contribution in [3.63, 3.8) is 0 Å². The minimum atomic E-state index is -0.503. The lowest BCUT2D eigenvalue weighted by Gasteiger charge is -2.23. The van der Waals surface area contributed by atoms with E-state index in [1.165, 1.54) is 0 Å². The molecule has 3 aromatic carbocycles. The van der Waals surface area contributed by atoms with E-state index >= 15 is 0 Å². The van der Waals surface area contributed by atoms with Gasteiger partial charge in [-0.15, -0.1) is 0 Å². The molecule has 27 heavy (non-hydrogen) atoms. The number of aliphatic hydroxyl groups excluding tert-OH is 1. The molecule has 4 rings (SSSR count). The van der Waals surface area contributed by atoms with Crippen LogP contribution in [0.15, 0.2) is 91.1 Å². The van der Waals surface area contributed by atoms with E-state index in [1.54, 1.807) is 0 Å². The summed E-state index contributed by atoms with van der Waals surface area (Å²) in [5.41, 5.74) is 3.32. The van der Waals surface area contributed by atoms with E-state index in [0.717, 1.165) is 27.8 Å². The van der Waals surface area contributed by atoms with Gasteiger partial charge in [0.15, 0.2) is 0 Å². The molecule has 0 spiro atoms. The highest BCUT2D eigenvalue weighted by Crippen LogP contribution is 2.30. The highest BCUT2D eigenvalue weighted by atomic mass is 16.5. The first-order valence-electron chi connectivity index (χ1n) is 9.23. The molecule has 0 aliphatic rings. The highest BCUT2D eigenvalue weighted by Gasteiger charge is 2.20. The molecule has 0 aliphatic carbocycles. The summed E-state index contributed by atoms with van der Waals surface area (Å²) >= 11 is 0. The predicted octanol–water partition coefficient (Wildman–Crippen LogP) is 5.19. The fourth-order valence-electron chi connectivity index (χ4n) is 3.54. The summed E-state index contributed by atoms with van der Waals surface area (Å²) in [6.45, 7) is 2.38. The van der Waals surface area contributed by atoms with Crippen LogP contribution in [-0.2, 0) is 6.61 Å². The Morgan fingerprint density at radius 1 is 0.889 bits per heavy atom. The summed E-state index contributed by atoms with van der Waals surface area (Å²) < 4.78 is 8.08. The van der Waals surface area contributed by atoms with Gasteiger partial charge < -0.3 is 14.4 Å². The van der Waals surface area contributed by atoms with Crippen molar-refractivity contribution in [3.05, 3.63) is 102 Å². The van der Waals surface area contributed by atoms with Gasteiger partial charge in [0.05, 0.1) is 12.1 Å². The molecule has 3 nitrogen and oxygen atoms in total. The van der Waals surface area contributed by atoms with Crippen LogP contribution in [0.1, 0.15) is 24.1 Å². The number of nitrogens with zero attached hydrogens (tertiary/aromatic N) is 1. The van der Waals surface area contributed by atoms with Crippen molar-refractivity contribution in [2.24, 2.45) is 0 Å². The molecule has 1 N–H and O–H groups in total. The molecule has 0 amide bonds. The second-order valence-corrected chi connectivity index (χ2v) is 6.81. The van der Waals surface area contributed by atoms with E-state index in [4.69, 9.17) is 4.74 Å². The molecular formula is C24H23NO2. The Morgan fingerprint density at radius 3 is 2.30 bits per heavy atom. The van der Waals surface area contributed by atoms with Gasteiger partial charge in [0, 0.05) is 17.1 Å². The third kappa shape index (κ3) is 3.74. The third-order valence-electron chi connectivity index (χ3n) is 4.84. The second-order valence-electron chi connectivity index (χ2n) is 6.81. The molecule has 2 atom stereocenters. The topological polar surface area (TPSA) is 34.4 Å². The minimum Gasteiger partial charge on any atom is -0.489 e. The van der Waals surface area contributed by atoms with Gasteiger partial charge in [0.2, 0.25) is 0 Å². The molecule has 4 aromatic rings. The molecule has 0 saturated heterocycles. The van der Waals surface area contributed by atoms with E-state index in [1.807, 2.05) is 55.6 Å². The van der Waals surface area contributed by atoms with Crippen molar-refractivity contribution < 1.29 is 9.84 Å². The summed E-state index contributed by atoms with van der Waals surface area (Å²) in [6, 6.07) is 28.3. The fourth-order valence-corrected chi connectivity index (χ4v) is 3.54. The molecule has 0 saturated carbocycles. The van der Waals surface area contributed by atoms with Crippen LogP contribution in [0.2, 0.25) is 0 Å². The van der Waals surface area contributed by atoms with Crippen molar-refractivity contribution in [3.8, 4) is 5.75 Å². The standard InChI is InChI=1S/C24H23NO2/c1-18(26)24(20-10-6-3-7-11-20)25-15-14-21-16-22(12-13-23(21)25)27-17-19-8-4-2-5-9-19/h2-16,18,24,26H,17H2,1H3/t18-,24+/m0/s1. The van der Waals surface area contributed by atoms with Crippen LogP contribution in [0.5, 0.6) is 5.75 Å². The van der Waals surface area contributed by atoms with Crippen molar-refractivity contribution in [1.82, 2.24) is 4.57 Å². The molecule has 0 bridgehead atoms. The number of rotatable bonds is 6. The zero-order chi connectivity index (χ0) is 18.6. The van der Waals surface area contributed by atoms with E-state index in [0.29, 0.717) is 6.61 Å². The lowest BCUT2D eigenvalue weighted by atomic mass is 10.0. The summed E-state index contributed by atoms with van der Waals surface area (Å²) in [4.78, 5) is 0. The van der Waals surface area contributed by atoms with Crippen molar-refractivity contribution in [2.75, 3.05) is 0 Å². The normalized spacial score (nSPS) is 13.4. The highest BCUT2D eigenvalue weighted by molar-refractivity contribution is 5.82. The molecule has 1 heterocycles. The Hall–Kier alpha value is -3.04. The molecule has 0 aliphatic heterocycles. The van der Waals surface area contributed by atoms with Gasteiger partial charge in [-0.05, 0) is 42.3 Å². The lowest BCUT2D eigenvalue weighted by molar-refractivity contribution is 0.151. The van der Waals surface area contributed by atoms with Crippen LogP contribution >= 0.6 is 0 Å². The van der Waals surface area contributed by atoms with Gasteiger partial charge in [-0.2, -0.15) is 0 Å². The van der Waals surface area contributed by atoms with Crippen molar-refractivity contribution >= 4 is 10.9 Å². The van der Waals surface area contributed by atoms with Crippen LogP contribution in [0.25, 0.3) is 10.9 Å². The van der Waals surface area contributed by atoms with Crippen LogP contribution in [0, 0.1) is 0 Å². The minimum absolute atomic E-state index is 0.125. The number of ether oxygens (including phenoxy) is 1. The Labute approximate surface area is 159 Å². The van der Waals surface area contributed by atoms with Crippen molar-refractivity contribution in [1.29, 1.82) is 0 Å². The monoisotopic (exact) mass is 357 g/mol. The van der Waals surface area contributed by atoms with E-state index in [-0.39, 0.29) is 6.04 Å². The van der Waals surface area contributed by atoms with Crippen LogP contribution < -0.4 is 4.74 Å². The van der Waals surface area contributed by atoms with Crippen LogP contribution in [-0.4, -0.2) is 15.8 Å². The predicted molar refractivity (Wildman–Crippen MR) is 109 cm³/mol. The lowest BCUT2D eigenvalue weighted by Crippen LogP contribution is -2.21. The van der Waals surface area contributed by atoms with E-state index in [9.17, 15) is 5.11 Å². The van der Waals surface area contributed by atoms with Crippen molar-refractivity contribution in [2.45, 2.75) is 25.7 Å². The first-order chi connectivity index (χ1) is 13.2. The maximum absolute atomic E-state index is 10.4. The summed E-state index contributed by atoms with van der Waals surface area (Å²) in [7, 11) is 0. The molecule has 0 fully saturated rings. The van der Waals surface area contributed by atoms with E-state index in [2.05, 4.69) is 47.0 Å². The Bertz CT molecular complexity index is 1010. The number of aliphatic hydroxyl groups is 1. The quantitative estimate of drug-likeness (QED) is 0.515. The summed E-state index contributed by atoms with van der Waals surface area (Å²) in [5, 5.41) is 11.5. The summed E-state index contributed by atoms with van der Waals surface area (Å²) in [5.74, 6) is 0.845. The maximum atomic E-state index is 10.4. The van der Waals surface area contributed by atoms with E-state index < -0.39 is 6.10 Å². The average molecular weight is 357 g/mol. The van der Waals surface area contributed by atoms with Gasteiger partial charge in [-0.25, -0.2) is 0 Å². The Balaban J connectivity index is 1.62. The van der Waals surface area contributed by atoms with Gasteiger partial charge in [-0.3, -0.25) is 0 Å². The maximum Gasteiger partial charge on any atom is 0.120 e. The van der Waals surface area contributed by atoms with Crippen LogP contribution in [0.4, 0.5) is 0 Å². The number of hydrogen-bond acceptors (Lipinski definition) is 2. The fraction of sp³-hybridized carbons (Fsp3) is 0.167. The number of benzene rings is 3. The first kappa shape index (κ1) is 17.4. The number of fused-ring (bicyclic) bond motifs is 1. The smallest absolute Gasteiger partial charge is 0.120 e. The first-order valence-corrected chi connectivity index (χ1v) is 9.23. The number of aromatic nitrogens is 1. The zero-order valence-corrected chi connectivity index (χ0v) is 15.3. The number of hydrogen-bond donors (Lipinski definition) is 1. The Morgan fingerprint density at radius 2 is 1.59 bits per heavy atom. The molecule has 0 radical (unpaired) electrons. The zero-order valence-electron chi connectivity index (χ0n) is 15.3. The molecule has 1 aromatic heterocycles. The molecular weight excluding hydrogens is 334 g/mol. The third-order valence-corrected chi connectivity index (χ3v) is 4.84. The average Bonchev–Trinajstić information content (AvgIpc) is 3.11. The van der Waals surface area contributed by atoms with Gasteiger partial charge in [-0.1, -0.05) is 60.7 Å². The van der Waals surface area contributed by atoms with Crippen LogP contribution in [0.3, 0.4) is 0 Å². The largest absolute Gasteiger partial charge is 0.489 e. The summed E-state index contributed by atoms with van der Waals surface area (Å²) in [6.07, 6.45) is 1.53. The van der Waals surface area contributed by atoms with Gasteiger partial charge in [0.1, 0.15) is 12.4 Å². The second kappa shape index (κ2) is 7.68. The molecule has 0 unspecified atom stereocenters. The molecule has 136 valence electrons.